The van der Waals surface area contributed by atoms with Gasteiger partial charge in [-0.25, -0.2) is 0 Å². The Hall–Kier alpha value is -0.360. The van der Waals surface area contributed by atoms with Gasteiger partial charge in [0.25, 0.3) is 0 Å². The largest absolute Gasteiger partial charge is 0.330 e. The third kappa shape index (κ3) is 46.0. The first-order valence-corrected chi connectivity index (χ1v) is 12.1. The molecule has 0 atom stereocenters. The number of hydrogen-bond donors (Lipinski definition) is 9. The zero-order valence-corrected chi connectivity index (χ0v) is 19.8. The van der Waals surface area contributed by atoms with Gasteiger partial charge in [0, 0.05) is 0 Å². The second-order valence-electron chi connectivity index (χ2n) is 7.16. The van der Waals surface area contributed by atoms with Gasteiger partial charge in [-0.15, -0.1) is 0 Å². The van der Waals surface area contributed by atoms with E-state index in [4.69, 9.17) is 34.4 Å². The molecular formula is C21H57N9. The Bertz CT molecular complexity index is 223. The van der Waals surface area contributed by atoms with Crippen molar-refractivity contribution in [2.75, 3.05) is 78.5 Å². The summed E-state index contributed by atoms with van der Waals surface area (Å²) in [5, 5.41) is 10.0. The highest BCUT2D eigenvalue weighted by molar-refractivity contribution is 4.53. The maximum Gasteiger partial charge on any atom is -0.00369 e. The molecule has 0 aliphatic carbocycles. The number of rotatable bonds is 21. The number of hydrogen-bond acceptors (Lipinski definition) is 9. The standard InChI is InChI=1S/C10H26N4.C7H19N3.C4H12N2/c11-5-3-9-13-7-1-2-8-14-10-4-6-12;8-4-1-2-6-10-7-3-5-9;5-3-1-2-4-6/h13-14H,1-12H2;10H,1-9H2;1-6H2. The molecule has 15 N–H and O–H groups in total. The monoisotopic (exact) mass is 435 g/mol. The minimum Gasteiger partial charge on any atom is -0.330 e. The molecule has 0 fully saturated rings. The van der Waals surface area contributed by atoms with E-state index in [-0.39, 0.29) is 0 Å². The summed E-state index contributed by atoms with van der Waals surface area (Å²) in [4.78, 5) is 0. The third-order valence-electron chi connectivity index (χ3n) is 4.10. The molecule has 0 aliphatic heterocycles. The first-order valence-electron chi connectivity index (χ1n) is 12.1. The average molecular weight is 436 g/mol. The molecule has 30 heavy (non-hydrogen) atoms. The van der Waals surface area contributed by atoms with Crippen LogP contribution in [0.4, 0.5) is 0 Å². The molecule has 0 amide bonds. The van der Waals surface area contributed by atoms with Gasteiger partial charge in [0.15, 0.2) is 0 Å². The average Bonchev–Trinajstić information content (AvgIpc) is 2.77. The van der Waals surface area contributed by atoms with Crippen molar-refractivity contribution in [2.45, 2.75) is 57.8 Å². The Morgan fingerprint density at radius 2 is 0.467 bits per heavy atom. The van der Waals surface area contributed by atoms with Crippen LogP contribution in [-0.4, -0.2) is 78.5 Å². The summed E-state index contributed by atoms with van der Waals surface area (Å²) in [5.74, 6) is 0. The molecule has 0 bridgehead atoms. The van der Waals surface area contributed by atoms with E-state index in [1.165, 1.54) is 19.3 Å². The van der Waals surface area contributed by atoms with Crippen molar-refractivity contribution in [1.29, 1.82) is 0 Å². The molecule has 0 radical (unpaired) electrons. The lowest BCUT2D eigenvalue weighted by atomic mass is 10.3. The van der Waals surface area contributed by atoms with Gasteiger partial charge in [0.1, 0.15) is 0 Å². The normalized spacial score (nSPS) is 10.2. The lowest BCUT2D eigenvalue weighted by molar-refractivity contribution is 0.570. The van der Waals surface area contributed by atoms with Crippen LogP contribution in [-0.2, 0) is 0 Å². The maximum atomic E-state index is 5.38. The van der Waals surface area contributed by atoms with E-state index in [9.17, 15) is 0 Å². The van der Waals surface area contributed by atoms with Crippen LogP contribution < -0.4 is 50.4 Å². The van der Waals surface area contributed by atoms with Gasteiger partial charge in [0.05, 0.1) is 0 Å². The van der Waals surface area contributed by atoms with E-state index in [1.807, 2.05) is 0 Å². The van der Waals surface area contributed by atoms with E-state index in [0.29, 0.717) is 0 Å². The van der Waals surface area contributed by atoms with E-state index in [2.05, 4.69) is 16.0 Å². The van der Waals surface area contributed by atoms with Crippen molar-refractivity contribution < 1.29 is 0 Å². The fourth-order valence-electron chi connectivity index (χ4n) is 2.24. The van der Waals surface area contributed by atoms with Gasteiger partial charge in [-0.2, -0.15) is 0 Å². The van der Waals surface area contributed by atoms with Crippen molar-refractivity contribution in [1.82, 2.24) is 16.0 Å². The van der Waals surface area contributed by atoms with Crippen molar-refractivity contribution in [2.24, 2.45) is 34.4 Å². The summed E-state index contributed by atoms with van der Waals surface area (Å²) in [6, 6.07) is 0. The second-order valence-corrected chi connectivity index (χ2v) is 7.16. The van der Waals surface area contributed by atoms with Gasteiger partial charge in [-0.05, 0) is 136 Å². The van der Waals surface area contributed by atoms with Crippen LogP contribution in [0.15, 0.2) is 0 Å². The summed E-state index contributed by atoms with van der Waals surface area (Å²) in [5.41, 5.74) is 31.7. The fourth-order valence-corrected chi connectivity index (χ4v) is 2.24. The van der Waals surface area contributed by atoms with Crippen LogP contribution in [0.5, 0.6) is 0 Å². The maximum absolute atomic E-state index is 5.38. The van der Waals surface area contributed by atoms with Gasteiger partial charge < -0.3 is 50.4 Å². The zero-order chi connectivity index (χ0) is 23.0. The smallest absolute Gasteiger partial charge is 0.00369 e. The minimum absolute atomic E-state index is 0.775. The molecule has 0 unspecified atom stereocenters. The zero-order valence-electron chi connectivity index (χ0n) is 19.8. The van der Waals surface area contributed by atoms with Crippen molar-refractivity contribution >= 4 is 0 Å². The minimum atomic E-state index is 0.775. The number of nitrogens with one attached hydrogen (secondary N) is 3. The molecule has 0 spiro atoms. The van der Waals surface area contributed by atoms with Crippen LogP contribution in [0.1, 0.15) is 57.8 Å². The summed E-state index contributed by atoms with van der Waals surface area (Å²) in [6.07, 6.45) is 10.1. The second kappa shape index (κ2) is 39.2. The SMILES string of the molecule is NCCCCN.NCCCCNCCCN.NCCCNCCCCNCCCN. The van der Waals surface area contributed by atoms with Crippen LogP contribution in [0.25, 0.3) is 0 Å². The third-order valence-corrected chi connectivity index (χ3v) is 4.10. The Morgan fingerprint density at radius 1 is 0.267 bits per heavy atom. The van der Waals surface area contributed by atoms with Crippen LogP contribution in [0.3, 0.4) is 0 Å². The highest BCUT2D eigenvalue weighted by Gasteiger charge is 1.89. The fraction of sp³-hybridized carbons (Fsp3) is 1.00. The highest BCUT2D eigenvalue weighted by Crippen LogP contribution is 1.85. The Kier molecular flexibility index (Phi) is 44.7. The molecule has 0 aliphatic rings. The van der Waals surface area contributed by atoms with Crippen LogP contribution in [0.2, 0.25) is 0 Å². The topological polar surface area (TPSA) is 192 Å². The molecule has 0 saturated heterocycles. The number of unbranched alkanes of at least 4 members (excludes halogenated alkanes) is 3. The quantitative estimate of drug-likeness (QED) is 0.102. The first-order chi connectivity index (χ1) is 14.7. The molecular weight excluding hydrogens is 378 g/mol. The van der Waals surface area contributed by atoms with Gasteiger partial charge >= 0.3 is 0 Å². The molecule has 9 nitrogen and oxygen atoms in total. The molecule has 0 rings (SSSR count). The highest BCUT2D eigenvalue weighted by atomic mass is 14.9. The van der Waals surface area contributed by atoms with Crippen molar-refractivity contribution in [3.05, 3.63) is 0 Å². The van der Waals surface area contributed by atoms with Crippen LogP contribution >= 0.6 is 0 Å². The van der Waals surface area contributed by atoms with Gasteiger partial charge in [-0.3, -0.25) is 0 Å². The van der Waals surface area contributed by atoms with E-state index >= 15 is 0 Å². The predicted octanol–water partition coefficient (Wildman–Crippen LogP) is -1.01. The Morgan fingerprint density at radius 3 is 0.733 bits per heavy atom. The van der Waals surface area contributed by atoms with E-state index < -0.39 is 0 Å². The first kappa shape index (κ1) is 34.3. The summed E-state index contributed by atoms with van der Waals surface area (Å²) in [6.45, 7) is 11.2. The molecule has 186 valence electrons. The molecule has 0 heterocycles. The van der Waals surface area contributed by atoms with Crippen LogP contribution in [0, 0.1) is 0 Å². The predicted molar refractivity (Wildman–Crippen MR) is 134 cm³/mol. The van der Waals surface area contributed by atoms with Crippen molar-refractivity contribution in [3.8, 4) is 0 Å². The van der Waals surface area contributed by atoms with Gasteiger partial charge in [-0.1, -0.05) is 0 Å². The van der Waals surface area contributed by atoms with E-state index in [0.717, 1.165) is 117 Å². The number of nitrogens with two attached hydrogens (primary N) is 6. The lowest BCUT2D eigenvalue weighted by Crippen LogP contribution is -2.22. The molecule has 0 aromatic carbocycles. The summed E-state index contributed by atoms with van der Waals surface area (Å²) < 4.78 is 0. The summed E-state index contributed by atoms with van der Waals surface area (Å²) >= 11 is 0. The lowest BCUT2D eigenvalue weighted by Gasteiger charge is -2.04. The Balaban J connectivity index is -0.000000397. The van der Waals surface area contributed by atoms with Crippen molar-refractivity contribution in [3.63, 3.8) is 0 Å². The molecule has 9 heteroatoms. The Labute approximate surface area is 187 Å². The molecule has 0 aromatic rings. The van der Waals surface area contributed by atoms with Gasteiger partial charge in [0.2, 0.25) is 0 Å². The van der Waals surface area contributed by atoms with E-state index in [1.54, 1.807) is 0 Å². The summed E-state index contributed by atoms with van der Waals surface area (Å²) in [7, 11) is 0. The molecule has 0 saturated carbocycles. The molecule has 0 aromatic heterocycles.